The molecule has 10 heteroatoms. The highest BCUT2D eigenvalue weighted by atomic mass is 16.5. The molecule has 0 aliphatic carbocycles. The van der Waals surface area contributed by atoms with Crippen molar-refractivity contribution in [1.82, 2.24) is 34.3 Å². The molecule has 0 bridgehead atoms. The van der Waals surface area contributed by atoms with Crippen LogP contribution in [-0.4, -0.2) is 54.5 Å². The van der Waals surface area contributed by atoms with Crippen molar-refractivity contribution in [3.8, 4) is 5.88 Å². The molecule has 4 aromatic heterocycles. The predicted molar refractivity (Wildman–Crippen MR) is 106 cm³/mol. The van der Waals surface area contributed by atoms with Crippen molar-refractivity contribution in [2.45, 2.75) is 18.8 Å². The third kappa shape index (κ3) is 2.87. The number of hydrogen-bond acceptors (Lipinski definition) is 8. The van der Waals surface area contributed by atoms with Crippen LogP contribution in [0.15, 0.2) is 35.3 Å². The Labute approximate surface area is 165 Å². The van der Waals surface area contributed by atoms with E-state index < -0.39 is 0 Å². The fraction of sp³-hybridized carbons (Fsp3) is 0.368. The van der Waals surface area contributed by atoms with Gasteiger partial charge in [0.05, 0.1) is 12.5 Å². The van der Waals surface area contributed by atoms with Gasteiger partial charge in [0.2, 0.25) is 11.8 Å². The maximum atomic E-state index is 12.7. The van der Waals surface area contributed by atoms with Crippen LogP contribution in [-0.2, 0) is 7.05 Å². The lowest BCUT2D eigenvalue weighted by atomic mass is 9.96. The molecule has 0 radical (unpaired) electrons. The van der Waals surface area contributed by atoms with E-state index in [1.54, 1.807) is 47.6 Å². The van der Waals surface area contributed by atoms with Crippen LogP contribution in [0.5, 0.6) is 5.88 Å². The van der Waals surface area contributed by atoms with Gasteiger partial charge in [-0.2, -0.15) is 9.50 Å². The number of ether oxygens (including phenoxy) is 1. The summed E-state index contributed by atoms with van der Waals surface area (Å²) in [6, 6.07) is 7.13. The van der Waals surface area contributed by atoms with E-state index in [4.69, 9.17) is 4.74 Å². The molecule has 0 atom stereocenters. The second kappa shape index (κ2) is 6.80. The van der Waals surface area contributed by atoms with Crippen molar-refractivity contribution in [2.75, 3.05) is 25.1 Å². The third-order valence-electron chi connectivity index (χ3n) is 5.44. The Kier molecular flexibility index (Phi) is 4.11. The Morgan fingerprint density at radius 2 is 1.97 bits per heavy atom. The normalized spacial score (nSPS) is 15.3. The second-order valence-corrected chi connectivity index (χ2v) is 7.12. The summed E-state index contributed by atoms with van der Waals surface area (Å²) in [5, 5.41) is 13.6. The summed E-state index contributed by atoms with van der Waals surface area (Å²) in [6.45, 7) is 1.50. The average molecular weight is 392 g/mol. The average Bonchev–Trinajstić information content (AvgIpc) is 3.19. The number of piperidine rings is 1. The molecule has 1 saturated heterocycles. The number of anilines is 1. The summed E-state index contributed by atoms with van der Waals surface area (Å²) in [4.78, 5) is 23.7. The van der Waals surface area contributed by atoms with Crippen molar-refractivity contribution in [3.05, 3.63) is 46.6 Å². The lowest BCUT2D eigenvalue weighted by Gasteiger charge is -2.32. The minimum atomic E-state index is -0.0834. The van der Waals surface area contributed by atoms with Gasteiger partial charge in [-0.25, -0.2) is 4.98 Å². The van der Waals surface area contributed by atoms with E-state index in [1.807, 2.05) is 6.07 Å². The SMILES string of the molecule is COc1ccc2nnc(C3CCN(c4nc5ncccc5c(=O)n4C)CC3)n2n1. The summed E-state index contributed by atoms with van der Waals surface area (Å²) < 4.78 is 8.58. The highest BCUT2D eigenvalue weighted by Gasteiger charge is 2.27. The first-order valence-corrected chi connectivity index (χ1v) is 9.49. The van der Waals surface area contributed by atoms with Gasteiger partial charge in [-0.1, -0.05) is 0 Å². The van der Waals surface area contributed by atoms with Crippen LogP contribution in [0, 0.1) is 0 Å². The van der Waals surface area contributed by atoms with Crippen molar-refractivity contribution < 1.29 is 4.74 Å². The van der Waals surface area contributed by atoms with Gasteiger partial charge in [0.1, 0.15) is 0 Å². The molecule has 0 aromatic carbocycles. The summed E-state index contributed by atoms with van der Waals surface area (Å²) in [6.07, 6.45) is 3.37. The monoisotopic (exact) mass is 392 g/mol. The molecule has 148 valence electrons. The van der Waals surface area contributed by atoms with E-state index >= 15 is 0 Å². The maximum Gasteiger partial charge on any atom is 0.264 e. The molecular weight excluding hydrogens is 372 g/mol. The molecule has 10 nitrogen and oxygen atoms in total. The molecule has 0 N–H and O–H groups in total. The molecule has 1 aliphatic rings. The van der Waals surface area contributed by atoms with E-state index in [0.717, 1.165) is 31.8 Å². The zero-order valence-corrected chi connectivity index (χ0v) is 16.2. The van der Waals surface area contributed by atoms with Crippen molar-refractivity contribution >= 4 is 22.6 Å². The topological polar surface area (TPSA) is 103 Å². The summed E-state index contributed by atoms with van der Waals surface area (Å²) in [5.74, 6) is 2.22. The van der Waals surface area contributed by atoms with Crippen molar-refractivity contribution in [1.29, 1.82) is 0 Å². The van der Waals surface area contributed by atoms with Crippen LogP contribution in [0.25, 0.3) is 16.7 Å². The zero-order valence-electron chi connectivity index (χ0n) is 16.2. The smallest absolute Gasteiger partial charge is 0.264 e. The van der Waals surface area contributed by atoms with E-state index in [-0.39, 0.29) is 11.5 Å². The van der Waals surface area contributed by atoms with Crippen LogP contribution in [0.3, 0.4) is 0 Å². The molecule has 5 rings (SSSR count). The first-order chi connectivity index (χ1) is 14.2. The highest BCUT2D eigenvalue weighted by molar-refractivity contribution is 5.74. The van der Waals surface area contributed by atoms with Crippen molar-refractivity contribution in [3.63, 3.8) is 0 Å². The Morgan fingerprint density at radius 3 is 2.76 bits per heavy atom. The Bertz CT molecular complexity index is 1260. The van der Waals surface area contributed by atoms with Gasteiger partial charge in [0, 0.05) is 38.3 Å². The van der Waals surface area contributed by atoms with Gasteiger partial charge in [-0.05, 0) is 31.0 Å². The Morgan fingerprint density at radius 1 is 1.14 bits per heavy atom. The number of aromatic nitrogens is 7. The predicted octanol–water partition coefficient (Wildman–Crippen LogP) is 1.16. The van der Waals surface area contributed by atoms with Crippen LogP contribution < -0.4 is 15.2 Å². The zero-order chi connectivity index (χ0) is 20.0. The molecule has 29 heavy (non-hydrogen) atoms. The van der Waals surface area contributed by atoms with Crippen LogP contribution in [0.4, 0.5) is 5.95 Å². The minimum absolute atomic E-state index is 0.0834. The number of nitrogens with zero attached hydrogens (tertiary/aromatic N) is 8. The maximum absolute atomic E-state index is 12.7. The number of rotatable bonds is 3. The number of methoxy groups -OCH3 is 1. The molecule has 1 fully saturated rings. The second-order valence-electron chi connectivity index (χ2n) is 7.12. The van der Waals surface area contributed by atoms with Gasteiger partial charge in [-0.15, -0.1) is 15.3 Å². The van der Waals surface area contributed by atoms with Gasteiger partial charge in [0.25, 0.3) is 5.56 Å². The standard InChI is InChI=1S/C19H20N8O2/c1-25-18(28)13-4-3-9-20-16(13)21-19(25)26-10-7-12(8-11-26)17-23-22-14-5-6-15(29-2)24-27(14)17/h3-6,9,12H,7-8,10-11H2,1-2H3. The molecule has 0 spiro atoms. The quantitative estimate of drug-likeness (QED) is 0.512. The minimum Gasteiger partial charge on any atom is -0.480 e. The molecule has 0 unspecified atom stereocenters. The fourth-order valence-corrected chi connectivity index (χ4v) is 3.87. The van der Waals surface area contributed by atoms with Crippen LogP contribution >= 0.6 is 0 Å². The molecule has 0 amide bonds. The van der Waals surface area contributed by atoms with Crippen molar-refractivity contribution in [2.24, 2.45) is 7.05 Å². The Balaban J connectivity index is 1.42. The summed E-state index contributed by atoms with van der Waals surface area (Å²) in [7, 11) is 3.35. The summed E-state index contributed by atoms with van der Waals surface area (Å²) >= 11 is 0. The summed E-state index contributed by atoms with van der Waals surface area (Å²) in [5.41, 5.74) is 1.10. The van der Waals surface area contributed by atoms with Gasteiger partial charge < -0.3 is 9.64 Å². The number of pyridine rings is 1. The highest BCUT2D eigenvalue weighted by Crippen LogP contribution is 2.29. The molecular formula is C19H20N8O2. The van der Waals surface area contributed by atoms with Crippen LogP contribution in [0.1, 0.15) is 24.6 Å². The van der Waals surface area contributed by atoms with E-state index in [9.17, 15) is 4.79 Å². The lowest BCUT2D eigenvalue weighted by Crippen LogP contribution is -2.38. The number of hydrogen-bond donors (Lipinski definition) is 0. The van der Waals surface area contributed by atoms with Gasteiger partial charge >= 0.3 is 0 Å². The number of fused-ring (bicyclic) bond motifs is 2. The first-order valence-electron chi connectivity index (χ1n) is 9.49. The lowest BCUT2D eigenvalue weighted by molar-refractivity contribution is 0.386. The fourth-order valence-electron chi connectivity index (χ4n) is 3.87. The van der Waals surface area contributed by atoms with Gasteiger partial charge in [0.15, 0.2) is 17.1 Å². The van der Waals surface area contributed by atoms with Gasteiger partial charge in [-0.3, -0.25) is 9.36 Å². The molecule has 1 aliphatic heterocycles. The van der Waals surface area contributed by atoms with E-state index in [0.29, 0.717) is 28.5 Å². The molecule has 0 saturated carbocycles. The molecule has 5 heterocycles. The van der Waals surface area contributed by atoms with E-state index in [1.165, 1.54) is 0 Å². The first kappa shape index (κ1) is 17.5. The van der Waals surface area contributed by atoms with E-state index in [2.05, 4.69) is 30.2 Å². The van der Waals surface area contributed by atoms with Crippen LogP contribution in [0.2, 0.25) is 0 Å². The Hall–Kier alpha value is -3.56. The molecule has 4 aromatic rings. The largest absolute Gasteiger partial charge is 0.480 e. The third-order valence-corrected chi connectivity index (χ3v) is 5.44.